The number of rotatable bonds is 4. The van der Waals surface area contributed by atoms with Crippen molar-refractivity contribution in [3.8, 4) is 6.07 Å². The third kappa shape index (κ3) is 4.32. The van der Waals surface area contributed by atoms with Crippen molar-refractivity contribution in [1.29, 1.82) is 5.26 Å². The highest BCUT2D eigenvalue weighted by Gasteiger charge is 2.31. The summed E-state index contributed by atoms with van der Waals surface area (Å²) < 4.78 is 0. The monoisotopic (exact) mass is 430 g/mol. The maximum Gasteiger partial charge on any atom is 0.149 e. The predicted molar refractivity (Wildman–Crippen MR) is 129 cm³/mol. The highest BCUT2D eigenvalue weighted by atomic mass is 15.3. The van der Waals surface area contributed by atoms with Gasteiger partial charge in [0.25, 0.3) is 0 Å². The summed E-state index contributed by atoms with van der Waals surface area (Å²) in [5.74, 6) is 2.83. The summed E-state index contributed by atoms with van der Waals surface area (Å²) in [7, 11) is 0. The number of nitrogens with one attached hydrogen (secondary N) is 1. The molecule has 1 N–H and O–H groups in total. The summed E-state index contributed by atoms with van der Waals surface area (Å²) in [6, 6.07) is 13.3. The van der Waals surface area contributed by atoms with Gasteiger partial charge < -0.3 is 15.1 Å². The van der Waals surface area contributed by atoms with Crippen LogP contribution in [-0.2, 0) is 19.5 Å². The van der Waals surface area contributed by atoms with Gasteiger partial charge in [0.2, 0.25) is 0 Å². The Morgan fingerprint density at radius 2 is 1.69 bits per heavy atom. The minimum absolute atomic E-state index is 0.780. The molecule has 0 aliphatic carbocycles. The summed E-state index contributed by atoms with van der Waals surface area (Å²) in [6.07, 6.45) is 3.35. The van der Waals surface area contributed by atoms with Gasteiger partial charge in [-0.05, 0) is 36.3 Å². The number of nitrogens with zero attached hydrogens (tertiary/aromatic N) is 5. The van der Waals surface area contributed by atoms with E-state index in [0.717, 1.165) is 88.4 Å². The van der Waals surface area contributed by atoms with Crippen molar-refractivity contribution in [3.05, 3.63) is 52.6 Å². The molecule has 3 aliphatic heterocycles. The molecule has 3 aliphatic rings. The van der Waals surface area contributed by atoms with Crippen LogP contribution in [0, 0.1) is 17.2 Å². The lowest BCUT2D eigenvalue weighted by molar-refractivity contribution is 0.245. The fraction of sp³-hybridized carbons (Fsp3) is 0.538. The molecule has 2 aromatic rings. The van der Waals surface area contributed by atoms with Gasteiger partial charge in [-0.3, -0.25) is 4.90 Å². The third-order valence-corrected chi connectivity index (χ3v) is 7.29. The zero-order valence-electron chi connectivity index (χ0n) is 19.2. The highest BCUT2D eigenvalue weighted by molar-refractivity contribution is 5.68. The Morgan fingerprint density at radius 1 is 0.969 bits per heavy atom. The molecule has 2 fully saturated rings. The smallest absolute Gasteiger partial charge is 0.149 e. The van der Waals surface area contributed by atoms with Gasteiger partial charge in [-0.25, -0.2) is 4.98 Å². The minimum atomic E-state index is 0.780. The van der Waals surface area contributed by atoms with Crippen molar-refractivity contribution in [2.45, 2.75) is 39.3 Å². The number of benzene rings is 1. The first kappa shape index (κ1) is 21.2. The highest BCUT2D eigenvalue weighted by Crippen LogP contribution is 2.37. The van der Waals surface area contributed by atoms with Crippen LogP contribution in [0.5, 0.6) is 0 Å². The molecule has 0 unspecified atom stereocenters. The molecular weight excluding hydrogens is 396 g/mol. The molecule has 0 radical (unpaired) electrons. The molecule has 0 spiro atoms. The Morgan fingerprint density at radius 3 is 2.41 bits per heavy atom. The van der Waals surface area contributed by atoms with Crippen LogP contribution >= 0.6 is 0 Å². The molecule has 0 bridgehead atoms. The Bertz CT molecular complexity index is 968. The molecule has 6 nitrogen and oxygen atoms in total. The first-order chi connectivity index (χ1) is 15.7. The lowest BCUT2D eigenvalue weighted by Gasteiger charge is -2.38. The predicted octanol–water partition coefficient (Wildman–Crippen LogP) is 3.16. The number of fused-ring (bicyclic) bond motifs is 1. The SMILES string of the molecule is CC1CCN(c2nc(N3CCNCC3)c(C#N)c3c2CN(Cc2ccccc2)CC3)CC1. The summed E-state index contributed by atoms with van der Waals surface area (Å²) in [5.41, 5.74) is 4.69. The van der Waals surface area contributed by atoms with Crippen LogP contribution < -0.4 is 15.1 Å². The molecule has 5 rings (SSSR count). The standard InChI is InChI=1S/C26H34N6/c1-20-7-13-31(14-8-20)26-24-19-30(18-21-5-3-2-4-6-21)12-9-22(24)23(17-27)25(29-26)32-15-10-28-11-16-32/h2-6,20,28H,7-16,18-19H2,1H3. The van der Waals surface area contributed by atoms with E-state index in [0.29, 0.717) is 0 Å². The van der Waals surface area contributed by atoms with Gasteiger partial charge in [-0.2, -0.15) is 5.26 Å². The van der Waals surface area contributed by atoms with Gasteiger partial charge in [-0.15, -0.1) is 0 Å². The van der Waals surface area contributed by atoms with Gasteiger partial charge in [0.15, 0.2) is 0 Å². The maximum absolute atomic E-state index is 10.2. The van der Waals surface area contributed by atoms with Crippen LogP contribution in [0.3, 0.4) is 0 Å². The van der Waals surface area contributed by atoms with E-state index >= 15 is 0 Å². The Hall–Kier alpha value is -2.62. The quantitative estimate of drug-likeness (QED) is 0.804. The molecule has 0 saturated carbocycles. The normalized spacial score (nSPS) is 20.1. The number of piperidine rings is 1. The maximum atomic E-state index is 10.2. The second kappa shape index (κ2) is 9.48. The Balaban J connectivity index is 1.52. The molecule has 6 heteroatoms. The second-order valence-corrected chi connectivity index (χ2v) is 9.56. The molecule has 2 saturated heterocycles. The first-order valence-corrected chi connectivity index (χ1v) is 12.2. The zero-order chi connectivity index (χ0) is 21.9. The van der Waals surface area contributed by atoms with Crippen LogP contribution in [0.25, 0.3) is 0 Å². The van der Waals surface area contributed by atoms with Crippen molar-refractivity contribution in [2.24, 2.45) is 5.92 Å². The molecule has 0 atom stereocenters. The van der Waals surface area contributed by atoms with Crippen LogP contribution in [0.15, 0.2) is 30.3 Å². The summed E-state index contributed by atoms with van der Waals surface area (Å²) >= 11 is 0. The average molecular weight is 431 g/mol. The summed E-state index contributed by atoms with van der Waals surface area (Å²) in [4.78, 5) is 12.6. The number of hydrogen-bond acceptors (Lipinski definition) is 6. The number of nitriles is 1. The van der Waals surface area contributed by atoms with Gasteiger partial charge in [0.05, 0.1) is 5.56 Å². The fourth-order valence-corrected chi connectivity index (χ4v) is 5.34. The van der Waals surface area contributed by atoms with E-state index in [1.54, 1.807) is 0 Å². The van der Waals surface area contributed by atoms with Gasteiger partial charge >= 0.3 is 0 Å². The van der Waals surface area contributed by atoms with Gasteiger partial charge in [-0.1, -0.05) is 37.3 Å². The Labute approximate surface area is 191 Å². The molecule has 1 aromatic carbocycles. The lowest BCUT2D eigenvalue weighted by Crippen LogP contribution is -2.45. The molecule has 32 heavy (non-hydrogen) atoms. The van der Waals surface area contributed by atoms with Crippen molar-refractivity contribution < 1.29 is 0 Å². The third-order valence-electron chi connectivity index (χ3n) is 7.29. The molecule has 4 heterocycles. The van der Waals surface area contributed by atoms with E-state index in [1.165, 1.54) is 29.5 Å². The topological polar surface area (TPSA) is 58.4 Å². The van der Waals surface area contributed by atoms with Crippen molar-refractivity contribution in [3.63, 3.8) is 0 Å². The lowest BCUT2D eigenvalue weighted by atomic mass is 9.93. The molecular formula is C26H34N6. The number of piperazine rings is 1. The van der Waals surface area contributed by atoms with E-state index < -0.39 is 0 Å². The summed E-state index contributed by atoms with van der Waals surface area (Å²) in [5, 5.41) is 13.6. The zero-order valence-corrected chi connectivity index (χ0v) is 19.2. The van der Waals surface area contributed by atoms with E-state index in [4.69, 9.17) is 4.98 Å². The van der Waals surface area contributed by atoms with Crippen molar-refractivity contribution in [2.75, 3.05) is 55.6 Å². The summed E-state index contributed by atoms with van der Waals surface area (Å²) in [6.45, 7) is 11.0. The number of hydrogen-bond donors (Lipinski definition) is 1. The van der Waals surface area contributed by atoms with Crippen LogP contribution in [-0.4, -0.2) is 55.7 Å². The minimum Gasteiger partial charge on any atom is -0.356 e. The fourth-order valence-electron chi connectivity index (χ4n) is 5.34. The molecule has 168 valence electrons. The van der Waals surface area contributed by atoms with E-state index in [2.05, 4.69) is 63.3 Å². The van der Waals surface area contributed by atoms with E-state index in [1.807, 2.05) is 0 Å². The molecule has 0 amide bonds. The number of aromatic nitrogens is 1. The second-order valence-electron chi connectivity index (χ2n) is 9.56. The van der Waals surface area contributed by atoms with Crippen molar-refractivity contribution >= 4 is 11.6 Å². The number of pyridine rings is 1. The van der Waals surface area contributed by atoms with E-state index in [9.17, 15) is 5.26 Å². The van der Waals surface area contributed by atoms with Gasteiger partial charge in [0, 0.05) is 64.5 Å². The van der Waals surface area contributed by atoms with Gasteiger partial charge in [0.1, 0.15) is 17.7 Å². The van der Waals surface area contributed by atoms with Crippen molar-refractivity contribution in [1.82, 2.24) is 15.2 Å². The van der Waals surface area contributed by atoms with Crippen LogP contribution in [0.1, 0.15) is 42.0 Å². The largest absolute Gasteiger partial charge is 0.356 e. The van der Waals surface area contributed by atoms with Crippen LogP contribution in [0.2, 0.25) is 0 Å². The average Bonchev–Trinajstić information content (AvgIpc) is 2.85. The Kier molecular flexibility index (Phi) is 6.29. The molecule has 1 aromatic heterocycles. The number of anilines is 2. The van der Waals surface area contributed by atoms with Crippen LogP contribution in [0.4, 0.5) is 11.6 Å². The van der Waals surface area contributed by atoms with E-state index in [-0.39, 0.29) is 0 Å². The first-order valence-electron chi connectivity index (χ1n) is 12.2.